The molecule has 0 bridgehead atoms. The lowest BCUT2D eigenvalue weighted by atomic mass is 10.0. The first-order valence-corrected chi connectivity index (χ1v) is 4.99. The van der Waals surface area contributed by atoms with E-state index in [9.17, 15) is 4.79 Å². The van der Waals surface area contributed by atoms with Crippen LogP contribution in [-0.4, -0.2) is 27.3 Å². The standard InChI is InChI=1S/C11H13N3O2/c1-6-2-7(4-9(12)11(15)16)3-8-5-13-14-10(6)8/h2-3,5,9H,4,12H2,1H3,(H,13,14)(H,15,16). The van der Waals surface area contributed by atoms with Crippen molar-refractivity contribution in [2.24, 2.45) is 5.73 Å². The van der Waals surface area contributed by atoms with Gasteiger partial charge in [0.15, 0.2) is 0 Å². The Hall–Kier alpha value is -1.88. The Morgan fingerprint density at radius 3 is 3.06 bits per heavy atom. The summed E-state index contributed by atoms with van der Waals surface area (Å²) in [5.74, 6) is -0.982. The summed E-state index contributed by atoms with van der Waals surface area (Å²) in [6.07, 6.45) is 2.05. The van der Waals surface area contributed by atoms with E-state index in [-0.39, 0.29) is 0 Å². The lowest BCUT2D eigenvalue weighted by Gasteiger charge is -2.07. The molecule has 0 radical (unpaired) electrons. The molecule has 1 aromatic heterocycles. The number of H-pyrrole nitrogens is 1. The van der Waals surface area contributed by atoms with Gasteiger partial charge in [-0.3, -0.25) is 9.89 Å². The zero-order valence-electron chi connectivity index (χ0n) is 8.90. The second-order valence-electron chi connectivity index (χ2n) is 3.90. The van der Waals surface area contributed by atoms with Crippen molar-refractivity contribution in [1.82, 2.24) is 10.2 Å². The number of rotatable bonds is 3. The number of aryl methyl sites for hydroxylation is 1. The van der Waals surface area contributed by atoms with Crippen LogP contribution in [0.4, 0.5) is 0 Å². The highest BCUT2D eigenvalue weighted by Crippen LogP contribution is 2.18. The van der Waals surface area contributed by atoms with Crippen molar-refractivity contribution in [3.63, 3.8) is 0 Å². The van der Waals surface area contributed by atoms with Crippen molar-refractivity contribution in [1.29, 1.82) is 0 Å². The second-order valence-corrected chi connectivity index (χ2v) is 3.90. The van der Waals surface area contributed by atoms with Crippen LogP contribution >= 0.6 is 0 Å². The van der Waals surface area contributed by atoms with Gasteiger partial charge in [0.25, 0.3) is 0 Å². The molecule has 0 spiro atoms. The number of aliphatic carboxylic acids is 1. The molecular formula is C11H13N3O2. The van der Waals surface area contributed by atoms with Gasteiger partial charge in [-0.15, -0.1) is 0 Å². The summed E-state index contributed by atoms with van der Waals surface area (Å²) < 4.78 is 0. The van der Waals surface area contributed by atoms with E-state index in [1.54, 1.807) is 6.20 Å². The molecule has 4 N–H and O–H groups in total. The van der Waals surface area contributed by atoms with E-state index in [0.29, 0.717) is 6.42 Å². The van der Waals surface area contributed by atoms with Crippen molar-refractivity contribution in [3.8, 4) is 0 Å². The van der Waals surface area contributed by atoms with Gasteiger partial charge in [-0.1, -0.05) is 6.07 Å². The molecule has 0 fully saturated rings. The fourth-order valence-electron chi connectivity index (χ4n) is 1.77. The number of nitrogens with zero attached hydrogens (tertiary/aromatic N) is 1. The minimum absolute atomic E-state index is 0.331. The third-order valence-corrected chi connectivity index (χ3v) is 2.58. The molecule has 0 amide bonds. The van der Waals surface area contributed by atoms with Gasteiger partial charge in [-0.2, -0.15) is 5.10 Å². The third-order valence-electron chi connectivity index (χ3n) is 2.58. The molecular weight excluding hydrogens is 206 g/mol. The van der Waals surface area contributed by atoms with Crippen molar-refractivity contribution in [3.05, 3.63) is 29.5 Å². The summed E-state index contributed by atoms with van der Waals surface area (Å²) in [6, 6.07) is 2.99. The van der Waals surface area contributed by atoms with Gasteiger partial charge in [0.1, 0.15) is 6.04 Å². The van der Waals surface area contributed by atoms with E-state index in [1.807, 2.05) is 19.1 Å². The molecule has 0 saturated heterocycles. The van der Waals surface area contributed by atoms with Gasteiger partial charge >= 0.3 is 5.97 Å². The highest BCUT2D eigenvalue weighted by atomic mass is 16.4. The number of carboxylic acids is 1. The molecule has 0 saturated carbocycles. The molecule has 84 valence electrons. The zero-order valence-corrected chi connectivity index (χ0v) is 8.90. The van der Waals surface area contributed by atoms with E-state index < -0.39 is 12.0 Å². The minimum atomic E-state index is -0.982. The smallest absolute Gasteiger partial charge is 0.320 e. The largest absolute Gasteiger partial charge is 0.480 e. The lowest BCUT2D eigenvalue weighted by Crippen LogP contribution is -2.32. The van der Waals surface area contributed by atoms with E-state index in [0.717, 1.165) is 22.0 Å². The third kappa shape index (κ3) is 1.90. The first-order valence-electron chi connectivity index (χ1n) is 4.99. The number of hydrogen-bond donors (Lipinski definition) is 3. The van der Waals surface area contributed by atoms with Crippen molar-refractivity contribution >= 4 is 16.9 Å². The normalized spacial score (nSPS) is 12.9. The number of carboxylic acid groups (broad SMARTS) is 1. The topological polar surface area (TPSA) is 92.0 Å². The van der Waals surface area contributed by atoms with Gasteiger partial charge in [-0.25, -0.2) is 0 Å². The van der Waals surface area contributed by atoms with Crippen LogP contribution in [0.3, 0.4) is 0 Å². The van der Waals surface area contributed by atoms with Crippen LogP contribution in [0.15, 0.2) is 18.3 Å². The van der Waals surface area contributed by atoms with Gasteiger partial charge in [0.2, 0.25) is 0 Å². The van der Waals surface area contributed by atoms with Crippen LogP contribution in [0, 0.1) is 6.92 Å². The van der Waals surface area contributed by atoms with Gasteiger partial charge in [0, 0.05) is 5.39 Å². The number of hydrogen-bond acceptors (Lipinski definition) is 3. The molecule has 2 rings (SSSR count). The molecule has 2 aromatic rings. The number of nitrogens with one attached hydrogen (secondary N) is 1. The fourth-order valence-corrected chi connectivity index (χ4v) is 1.77. The Balaban J connectivity index is 2.35. The molecule has 1 aromatic carbocycles. The maximum Gasteiger partial charge on any atom is 0.320 e. The number of fused-ring (bicyclic) bond motifs is 1. The first kappa shape index (κ1) is 10.6. The second kappa shape index (κ2) is 3.94. The van der Waals surface area contributed by atoms with E-state index in [4.69, 9.17) is 10.8 Å². The minimum Gasteiger partial charge on any atom is -0.480 e. The number of aromatic amines is 1. The summed E-state index contributed by atoms with van der Waals surface area (Å²) in [6.45, 7) is 1.95. The number of benzene rings is 1. The van der Waals surface area contributed by atoms with Crippen LogP contribution in [0.1, 0.15) is 11.1 Å². The van der Waals surface area contributed by atoms with Crippen molar-refractivity contribution in [2.45, 2.75) is 19.4 Å². The SMILES string of the molecule is Cc1cc(CC(N)C(=O)O)cc2cn[nH]c12. The quantitative estimate of drug-likeness (QED) is 0.712. The van der Waals surface area contributed by atoms with Gasteiger partial charge < -0.3 is 10.8 Å². The summed E-state index contributed by atoms with van der Waals surface area (Å²) >= 11 is 0. The molecule has 1 heterocycles. The summed E-state index contributed by atoms with van der Waals surface area (Å²) in [7, 11) is 0. The monoisotopic (exact) mass is 219 g/mol. The van der Waals surface area contributed by atoms with E-state index in [2.05, 4.69) is 10.2 Å². The van der Waals surface area contributed by atoms with Crippen LogP contribution in [0.2, 0.25) is 0 Å². The van der Waals surface area contributed by atoms with E-state index >= 15 is 0 Å². The summed E-state index contributed by atoms with van der Waals surface area (Å²) in [4.78, 5) is 10.7. The summed E-state index contributed by atoms with van der Waals surface area (Å²) in [5.41, 5.74) is 8.44. The van der Waals surface area contributed by atoms with E-state index in [1.165, 1.54) is 0 Å². The Morgan fingerprint density at radius 1 is 1.62 bits per heavy atom. The van der Waals surface area contributed by atoms with Gasteiger partial charge in [-0.05, 0) is 30.5 Å². The fraction of sp³-hybridized carbons (Fsp3) is 0.273. The highest BCUT2D eigenvalue weighted by molar-refractivity contribution is 5.82. The Bertz CT molecular complexity index is 533. The van der Waals surface area contributed by atoms with Crippen LogP contribution in [-0.2, 0) is 11.2 Å². The maximum atomic E-state index is 10.7. The predicted molar refractivity (Wildman–Crippen MR) is 60.1 cm³/mol. The highest BCUT2D eigenvalue weighted by Gasteiger charge is 2.13. The average Bonchev–Trinajstić information content (AvgIpc) is 2.65. The molecule has 5 heteroatoms. The molecule has 0 aliphatic rings. The Morgan fingerprint density at radius 2 is 2.38 bits per heavy atom. The number of nitrogens with two attached hydrogens (primary N) is 1. The predicted octanol–water partition coefficient (Wildman–Crippen LogP) is 0.826. The molecule has 5 nitrogen and oxygen atoms in total. The molecule has 0 aliphatic carbocycles. The lowest BCUT2D eigenvalue weighted by molar-refractivity contribution is -0.138. The molecule has 16 heavy (non-hydrogen) atoms. The molecule has 1 atom stereocenters. The van der Waals surface area contributed by atoms with Crippen molar-refractivity contribution in [2.75, 3.05) is 0 Å². The first-order chi connectivity index (χ1) is 7.58. The zero-order chi connectivity index (χ0) is 11.7. The Labute approximate surface area is 92.3 Å². The van der Waals surface area contributed by atoms with Crippen LogP contribution < -0.4 is 5.73 Å². The Kier molecular flexibility index (Phi) is 2.62. The number of carbonyl (C=O) groups is 1. The van der Waals surface area contributed by atoms with Crippen LogP contribution in [0.5, 0.6) is 0 Å². The average molecular weight is 219 g/mol. The van der Waals surface area contributed by atoms with Crippen molar-refractivity contribution < 1.29 is 9.90 Å². The maximum absolute atomic E-state index is 10.7. The van der Waals surface area contributed by atoms with Crippen LogP contribution in [0.25, 0.3) is 10.9 Å². The van der Waals surface area contributed by atoms with Gasteiger partial charge in [0.05, 0.1) is 11.7 Å². The molecule has 0 aliphatic heterocycles. The molecule has 1 unspecified atom stereocenters. The number of aromatic nitrogens is 2. The summed E-state index contributed by atoms with van der Waals surface area (Å²) in [5, 5.41) is 16.6.